The average molecular weight is 1020 g/mol. The van der Waals surface area contributed by atoms with Gasteiger partial charge in [0.05, 0.1) is 11.3 Å². The van der Waals surface area contributed by atoms with Crippen molar-refractivity contribution >= 4 is 68.4 Å². The van der Waals surface area contributed by atoms with E-state index >= 15 is 0 Å². The second-order valence-corrected chi connectivity index (χ2v) is 28.0. The van der Waals surface area contributed by atoms with Crippen LogP contribution in [0.25, 0.3) is 44.3 Å². The third-order valence-electron chi connectivity index (χ3n) is 21.1. The van der Waals surface area contributed by atoms with Crippen molar-refractivity contribution in [1.82, 2.24) is 0 Å². The molecule has 1 fully saturated rings. The lowest BCUT2D eigenvalue weighted by Gasteiger charge is -2.52. The predicted octanol–water partition coefficient (Wildman–Crippen LogP) is 18.3. The lowest BCUT2D eigenvalue weighted by Crippen LogP contribution is -2.61. The molecule has 0 saturated heterocycles. The minimum absolute atomic E-state index is 0.0109. The van der Waals surface area contributed by atoms with Crippen molar-refractivity contribution in [2.24, 2.45) is 0 Å². The zero-order valence-corrected chi connectivity index (χ0v) is 47.6. The number of hydrogen-bond acceptors (Lipinski definition) is 3. The molecule has 9 aromatic rings. The van der Waals surface area contributed by atoms with Crippen LogP contribution in [0.4, 0.5) is 34.1 Å². The van der Waals surface area contributed by atoms with Gasteiger partial charge >= 0.3 is 0 Å². The third-order valence-corrected chi connectivity index (χ3v) is 21.1. The molecule has 5 aliphatic carbocycles. The molecule has 0 N–H and O–H groups in total. The molecule has 1 aromatic heterocycles. The number of furan rings is 1. The van der Waals surface area contributed by atoms with Crippen LogP contribution in [0.1, 0.15) is 154 Å². The molecule has 0 amide bonds. The van der Waals surface area contributed by atoms with Crippen LogP contribution in [-0.4, -0.2) is 6.71 Å². The largest absolute Gasteiger partial charge is 0.468 e. The molecule has 7 aliphatic rings. The zero-order valence-electron chi connectivity index (χ0n) is 47.6. The first-order valence-electron chi connectivity index (χ1n) is 29.4. The molecule has 4 heteroatoms. The first kappa shape index (κ1) is 48.1. The summed E-state index contributed by atoms with van der Waals surface area (Å²) in [5.41, 5.74) is 28.4. The first-order chi connectivity index (χ1) is 37.3. The Morgan fingerprint density at radius 2 is 0.821 bits per heavy atom. The lowest BCUT2D eigenvalue weighted by molar-refractivity contribution is 0.188. The summed E-state index contributed by atoms with van der Waals surface area (Å²) in [5.74, 6) is 0. The predicted molar refractivity (Wildman–Crippen MR) is 330 cm³/mol. The number of fused-ring (bicyclic) bond motifs is 10. The van der Waals surface area contributed by atoms with Gasteiger partial charge in [0.25, 0.3) is 6.71 Å². The first-order valence-corrected chi connectivity index (χ1v) is 29.4. The Labute approximate surface area is 463 Å². The number of benzene rings is 8. The number of nitrogens with zero attached hydrogens (tertiary/aromatic N) is 2. The highest BCUT2D eigenvalue weighted by Crippen LogP contribution is 2.59. The third kappa shape index (κ3) is 6.96. The molecule has 78 heavy (non-hydrogen) atoms. The van der Waals surface area contributed by atoms with E-state index < -0.39 is 0 Å². The van der Waals surface area contributed by atoms with Crippen molar-refractivity contribution < 1.29 is 4.42 Å². The van der Waals surface area contributed by atoms with Crippen molar-refractivity contribution in [1.29, 1.82) is 0 Å². The van der Waals surface area contributed by atoms with E-state index in [1.54, 1.807) is 0 Å². The van der Waals surface area contributed by atoms with E-state index in [0.29, 0.717) is 0 Å². The van der Waals surface area contributed by atoms with E-state index in [0.717, 1.165) is 36.2 Å². The number of hydrogen-bond donors (Lipinski definition) is 0. The number of rotatable bonds is 5. The van der Waals surface area contributed by atoms with Crippen LogP contribution in [0.15, 0.2) is 168 Å². The zero-order chi connectivity index (χ0) is 53.5. The summed E-state index contributed by atoms with van der Waals surface area (Å²) in [4.78, 5) is 5.36. The van der Waals surface area contributed by atoms with Gasteiger partial charge < -0.3 is 14.2 Å². The van der Waals surface area contributed by atoms with E-state index in [-0.39, 0.29) is 39.2 Å². The summed E-state index contributed by atoms with van der Waals surface area (Å²) >= 11 is 0. The minimum atomic E-state index is -0.172. The van der Waals surface area contributed by atoms with Gasteiger partial charge in [-0.15, -0.1) is 0 Å². The lowest BCUT2D eigenvalue weighted by atomic mass is 9.35. The molecule has 2 bridgehead atoms. The van der Waals surface area contributed by atoms with Gasteiger partial charge in [0.1, 0.15) is 5.58 Å². The van der Waals surface area contributed by atoms with Gasteiger partial charge in [0, 0.05) is 33.8 Å². The summed E-state index contributed by atoms with van der Waals surface area (Å²) < 4.78 is 7.87. The summed E-state index contributed by atoms with van der Waals surface area (Å²) in [6.45, 7) is 24.7. The normalized spacial score (nSPS) is 22.3. The summed E-state index contributed by atoms with van der Waals surface area (Å²) in [7, 11) is 0. The maximum atomic E-state index is 7.87. The summed E-state index contributed by atoms with van der Waals surface area (Å²) in [6, 6.07) is 63.5. The van der Waals surface area contributed by atoms with Gasteiger partial charge in [-0.05, 0) is 222 Å². The second-order valence-electron chi connectivity index (χ2n) is 28.0. The minimum Gasteiger partial charge on any atom is -0.468 e. The summed E-state index contributed by atoms with van der Waals surface area (Å²) in [5, 5.41) is 1.24. The van der Waals surface area contributed by atoms with Crippen LogP contribution in [0, 0.1) is 0 Å². The fraction of sp³-hybridized carbons (Fsp3) is 0.324. The van der Waals surface area contributed by atoms with Gasteiger partial charge in [0.15, 0.2) is 0 Å². The SMILES string of the molecule is CC1(C)CCC(C)(C)c2cc(N3c4cc(-c5ccccc5)cc5c4B(c4cc6c(cc4N5c4cc(-c5ccccc5)cc(-c5ccccc5)c4)C(C)(C)CCC6(C)C)c4oc5cc6c(cc5c43)C3(C)CCC6(C)CC3)ccc21. The van der Waals surface area contributed by atoms with Gasteiger partial charge in [-0.1, -0.05) is 172 Å². The van der Waals surface area contributed by atoms with E-state index in [4.69, 9.17) is 4.42 Å². The number of anilines is 6. The molecular weight excluding hydrogens is 944 g/mol. The topological polar surface area (TPSA) is 19.6 Å². The Balaban J connectivity index is 1.10. The van der Waals surface area contributed by atoms with Gasteiger partial charge in [-0.3, -0.25) is 0 Å². The van der Waals surface area contributed by atoms with Crippen LogP contribution in [-0.2, 0) is 32.5 Å². The van der Waals surface area contributed by atoms with Crippen molar-refractivity contribution in [3.8, 4) is 33.4 Å². The molecule has 0 radical (unpaired) electrons. The van der Waals surface area contributed by atoms with Crippen molar-refractivity contribution in [2.75, 3.05) is 9.80 Å². The molecular formula is C74H73BN2O. The Morgan fingerprint density at radius 1 is 0.359 bits per heavy atom. The molecule has 16 rings (SSSR count). The van der Waals surface area contributed by atoms with Crippen LogP contribution >= 0.6 is 0 Å². The van der Waals surface area contributed by atoms with E-state index in [1.165, 1.54) is 144 Å². The van der Waals surface area contributed by atoms with Gasteiger partial charge in [-0.2, -0.15) is 0 Å². The standard InChI is InChI=1S/C74H73BN2O/c1-69(2)28-29-70(3,4)56-41-52(26-27-55(56)69)77-64-40-51(48-24-18-13-19-25-48)39-63-66(64)75(68-67(77)54-42-59-60(45-65(54)78-68)74(10)34-32-73(59,9)33-35-74)61-43-57-58(72(7,8)31-30-71(57,5)6)44-62(61)76(63)53-37-49(46-20-14-11-15-21-46)36-50(38-53)47-22-16-12-17-23-47/h11-27,36-45H,28-35H2,1-10H3. The smallest absolute Gasteiger partial charge is 0.297 e. The highest BCUT2D eigenvalue weighted by molar-refractivity contribution is 7.00. The van der Waals surface area contributed by atoms with Gasteiger partial charge in [0.2, 0.25) is 0 Å². The second kappa shape index (κ2) is 16.3. The van der Waals surface area contributed by atoms with Crippen molar-refractivity contribution in [3.05, 3.63) is 197 Å². The fourth-order valence-corrected chi connectivity index (χ4v) is 15.9. The van der Waals surface area contributed by atoms with Crippen LogP contribution < -0.4 is 26.4 Å². The fourth-order valence-electron chi connectivity index (χ4n) is 15.9. The quantitative estimate of drug-likeness (QED) is 0.160. The van der Waals surface area contributed by atoms with E-state index in [1.807, 2.05) is 0 Å². The van der Waals surface area contributed by atoms with Gasteiger partial charge in [-0.25, -0.2) is 0 Å². The molecule has 0 spiro atoms. The molecule has 388 valence electrons. The Hall–Kier alpha value is -7.04. The Kier molecular flexibility index (Phi) is 10.0. The molecule has 2 aliphatic heterocycles. The molecule has 0 unspecified atom stereocenters. The van der Waals surface area contributed by atoms with Crippen LogP contribution in [0.5, 0.6) is 0 Å². The highest BCUT2D eigenvalue weighted by atomic mass is 16.3. The maximum absolute atomic E-state index is 7.87. The Bertz CT molecular complexity index is 3900. The molecule has 8 aromatic carbocycles. The molecule has 3 heterocycles. The molecule has 3 nitrogen and oxygen atoms in total. The van der Waals surface area contributed by atoms with Crippen LogP contribution in [0.2, 0.25) is 0 Å². The average Bonchev–Trinajstić information content (AvgIpc) is 2.57. The van der Waals surface area contributed by atoms with E-state index in [2.05, 4.69) is 243 Å². The van der Waals surface area contributed by atoms with Crippen molar-refractivity contribution in [3.63, 3.8) is 0 Å². The van der Waals surface area contributed by atoms with E-state index in [9.17, 15) is 0 Å². The highest BCUT2D eigenvalue weighted by Gasteiger charge is 2.52. The summed E-state index contributed by atoms with van der Waals surface area (Å²) in [6.07, 6.45) is 9.52. The monoisotopic (exact) mass is 1020 g/mol. The van der Waals surface area contributed by atoms with Crippen LogP contribution in [0.3, 0.4) is 0 Å². The molecule has 1 saturated carbocycles. The maximum Gasteiger partial charge on any atom is 0.297 e. The van der Waals surface area contributed by atoms with Crippen molar-refractivity contribution in [2.45, 2.75) is 153 Å². The Morgan fingerprint density at radius 3 is 1.36 bits per heavy atom. The molecule has 0 atom stereocenters.